The second-order valence-electron chi connectivity index (χ2n) is 7.58. The van der Waals surface area contributed by atoms with Gasteiger partial charge < -0.3 is 15.4 Å². The molecule has 0 radical (unpaired) electrons. The minimum absolute atomic E-state index is 0.0158. The van der Waals surface area contributed by atoms with Crippen molar-refractivity contribution >= 4 is 29.1 Å². The normalized spacial score (nSPS) is 11.0. The van der Waals surface area contributed by atoms with Gasteiger partial charge in [0.25, 0.3) is 0 Å². The van der Waals surface area contributed by atoms with Gasteiger partial charge in [-0.05, 0) is 42.2 Å². The molecule has 0 bridgehead atoms. The van der Waals surface area contributed by atoms with Crippen molar-refractivity contribution in [3.63, 3.8) is 0 Å². The standard InChI is InChI=1S/C23H26N4O2/c1-5-29-21(28)16-10-6-8-12-18(16)25-20-14-15-24-22(27-20)26-19-13-9-7-11-17(19)23(2,3)4/h6-15H,5H2,1-4H3,(H2,24,25,26,27). The third kappa shape index (κ3) is 5.10. The van der Waals surface area contributed by atoms with Crippen molar-refractivity contribution in [2.75, 3.05) is 17.2 Å². The van der Waals surface area contributed by atoms with Gasteiger partial charge in [-0.3, -0.25) is 0 Å². The van der Waals surface area contributed by atoms with Gasteiger partial charge in [-0.15, -0.1) is 0 Å². The highest BCUT2D eigenvalue weighted by molar-refractivity contribution is 5.96. The molecule has 0 atom stereocenters. The Balaban J connectivity index is 1.85. The predicted octanol–water partition coefficient (Wildman–Crippen LogP) is 5.44. The molecular weight excluding hydrogens is 364 g/mol. The second-order valence-corrected chi connectivity index (χ2v) is 7.58. The van der Waals surface area contributed by atoms with Gasteiger partial charge in [0, 0.05) is 11.9 Å². The number of benzene rings is 2. The molecule has 0 aliphatic rings. The van der Waals surface area contributed by atoms with Crippen LogP contribution in [-0.2, 0) is 10.2 Å². The van der Waals surface area contributed by atoms with Crippen LogP contribution in [0.1, 0.15) is 43.6 Å². The molecule has 0 saturated heterocycles. The molecule has 3 aromatic rings. The van der Waals surface area contributed by atoms with Gasteiger partial charge in [-0.1, -0.05) is 51.1 Å². The van der Waals surface area contributed by atoms with Crippen molar-refractivity contribution in [1.82, 2.24) is 9.97 Å². The molecule has 2 N–H and O–H groups in total. The Kier molecular flexibility index (Phi) is 6.12. The molecule has 3 rings (SSSR count). The molecule has 1 aromatic heterocycles. The van der Waals surface area contributed by atoms with E-state index in [4.69, 9.17) is 4.74 Å². The summed E-state index contributed by atoms with van der Waals surface area (Å²) in [7, 11) is 0. The van der Waals surface area contributed by atoms with Gasteiger partial charge >= 0.3 is 5.97 Å². The van der Waals surface area contributed by atoms with E-state index in [2.05, 4.69) is 47.4 Å². The first kappa shape index (κ1) is 20.3. The summed E-state index contributed by atoms with van der Waals surface area (Å²) in [5.41, 5.74) is 3.21. The number of aromatic nitrogens is 2. The summed E-state index contributed by atoms with van der Waals surface area (Å²) in [6.07, 6.45) is 1.67. The van der Waals surface area contributed by atoms with Crippen LogP contribution < -0.4 is 10.6 Å². The predicted molar refractivity (Wildman–Crippen MR) is 116 cm³/mol. The zero-order valence-electron chi connectivity index (χ0n) is 17.2. The van der Waals surface area contributed by atoms with Crippen LogP contribution in [0.5, 0.6) is 0 Å². The number of carbonyl (C=O) groups excluding carboxylic acids is 1. The Bertz CT molecular complexity index is 996. The number of anilines is 4. The molecule has 0 aliphatic carbocycles. The van der Waals surface area contributed by atoms with E-state index in [1.165, 1.54) is 5.56 Å². The highest BCUT2D eigenvalue weighted by Crippen LogP contribution is 2.30. The van der Waals surface area contributed by atoms with Crippen LogP contribution in [0, 0.1) is 0 Å². The highest BCUT2D eigenvalue weighted by atomic mass is 16.5. The van der Waals surface area contributed by atoms with Gasteiger partial charge in [0.2, 0.25) is 5.95 Å². The van der Waals surface area contributed by atoms with Crippen molar-refractivity contribution in [2.24, 2.45) is 0 Å². The maximum Gasteiger partial charge on any atom is 0.340 e. The molecule has 0 amide bonds. The van der Waals surface area contributed by atoms with Crippen molar-refractivity contribution in [1.29, 1.82) is 0 Å². The van der Waals surface area contributed by atoms with Gasteiger partial charge in [0.05, 0.1) is 17.9 Å². The lowest BCUT2D eigenvalue weighted by Crippen LogP contribution is -2.14. The Morgan fingerprint density at radius 1 is 0.966 bits per heavy atom. The lowest BCUT2D eigenvalue weighted by Gasteiger charge is -2.23. The first-order chi connectivity index (χ1) is 13.9. The fourth-order valence-electron chi connectivity index (χ4n) is 2.97. The molecule has 6 heteroatoms. The summed E-state index contributed by atoms with van der Waals surface area (Å²) in [5.74, 6) is 0.676. The highest BCUT2D eigenvalue weighted by Gasteiger charge is 2.18. The van der Waals surface area contributed by atoms with Crippen LogP contribution >= 0.6 is 0 Å². The first-order valence-electron chi connectivity index (χ1n) is 9.61. The Labute approximate surface area is 171 Å². The van der Waals surface area contributed by atoms with E-state index in [9.17, 15) is 4.79 Å². The zero-order chi connectivity index (χ0) is 20.9. The molecule has 0 aliphatic heterocycles. The minimum Gasteiger partial charge on any atom is -0.462 e. The summed E-state index contributed by atoms with van der Waals surface area (Å²) in [4.78, 5) is 21.1. The average Bonchev–Trinajstić information content (AvgIpc) is 2.68. The molecule has 0 unspecified atom stereocenters. The van der Waals surface area contributed by atoms with Gasteiger partial charge in [0.15, 0.2) is 0 Å². The van der Waals surface area contributed by atoms with Crippen LogP contribution in [0.25, 0.3) is 0 Å². The molecule has 0 saturated carbocycles. The molecule has 29 heavy (non-hydrogen) atoms. The van der Waals surface area contributed by atoms with Crippen LogP contribution in [0.15, 0.2) is 60.8 Å². The molecule has 0 fully saturated rings. The number of nitrogens with one attached hydrogen (secondary N) is 2. The van der Waals surface area contributed by atoms with Crippen molar-refractivity contribution in [3.8, 4) is 0 Å². The molecule has 6 nitrogen and oxygen atoms in total. The summed E-state index contributed by atoms with van der Waals surface area (Å²) >= 11 is 0. The fraction of sp³-hybridized carbons (Fsp3) is 0.261. The monoisotopic (exact) mass is 390 g/mol. The number of hydrogen-bond acceptors (Lipinski definition) is 6. The summed E-state index contributed by atoms with van der Waals surface area (Å²) in [5, 5.41) is 6.50. The van der Waals surface area contributed by atoms with E-state index >= 15 is 0 Å². The first-order valence-corrected chi connectivity index (χ1v) is 9.61. The van der Waals surface area contributed by atoms with Crippen LogP contribution in [0.4, 0.5) is 23.1 Å². The Morgan fingerprint density at radius 2 is 1.66 bits per heavy atom. The van der Waals surface area contributed by atoms with Crippen molar-refractivity contribution < 1.29 is 9.53 Å². The fourth-order valence-corrected chi connectivity index (χ4v) is 2.97. The van der Waals surface area contributed by atoms with Crippen molar-refractivity contribution in [2.45, 2.75) is 33.1 Å². The van der Waals surface area contributed by atoms with Gasteiger partial charge in [0.1, 0.15) is 5.82 Å². The van der Waals surface area contributed by atoms with E-state index in [1.807, 2.05) is 30.3 Å². The third-order valence-corrected chi connectivity index (χ3v) is 4.32. The van der Waals surface area contributed by atoms with E-state index in [0.29, 0.717) is 29.6 Å². The average molecular weight is 390 g/mol. The van der Waals surface area contributed by atoms with E-state index < -0.39 is 0 Å². The largest absolute Gasteiger partial charge is 0.462 e. The van der Waals surface area contributed by atoms with Crippen LogP contribution in [0.2, 0.25) is 0 Å². The van der Waals surface area contributed by atoms with Gasteiger partial charge in [-0.25, -0.2) is 9.78 Å². The topological polar surface area (TPSA) is 76.1 Å². The van der Waals surface area contributed by atoms with Crippen LogP contribution in [0.3, 0.4) is 0 Å². The molecule has 0 spiro atoms. The number of nitrogens with zero attached hydrogens (tertiary/aromatic N) is 2. The second kappa shape index (κ2) is 8.73. The smallest absolute Gasteiger partial charge is 0.340 e. The number of hydrogen-bond donors (Lipinski definition) is 2. The maximum absolute atomic E-state index is 12.2. The zero-order valence-corrected chi connectivity index (χ0v) is 17.2. The number of ether oxygens (including phenoxy) is 1. The quantitative estimate of drug-likeness (QED) is 0.546. The lowest BCUT2D eigenvalue weighted by molar-refractivity contribution is 0.0527. The number of esters is 1. The molecule has 2 aromatic carbocycles. The van der Waals surface area contributed by atoms with E-state index in [0.717, 1.165) is 5.69 Å². The Hall–Kier alpha value is -3.41. The summed E-state index contributed by atoms with van der Waals surface area (Å²) in [6.45, 7) is 8.60. The lowest BCUT2D eigenvalue weighted by atomic mass is 9.86. The molecular formula is C23H26N4O2. The third-order valence-electron chi connectivity index (χ3n) is 4.32. The number of rotatable bonds is 6. The van der Waals surface area contributed by atoms with E-state index in [-0.39, 0.29) is 11.4 Å². The summed E-state index contributed by atoms with van der Waals surface area (Å²) < 4.78 is 5.13. The SMILES string of the molecule is CCOC(=O)c1ccccc1Nc1ccnc(Nc2ccccc2C(C)(C)C)n1. The molecule has 1 heterocycles. The number of carbonyl (C=O) groups is 1. The Morgan fingerprint density at radius 3 is 2.38 bits per heavy atom. The van der Waals surface area contributed by atoms with Crippen LogP contribution in [-0.4, -0.2) is 22.5 Å². The number of para-hydroxylation sites is 2. The minimum atomic E-state index is -0.373. The van der Waals surface area contributed by atoms with E-state index in [1.54, 1.807) is 31.3 Å². The molecule has 150 valence electrons. The maximum atomic E-state index is 12.2. The van der Waals surface area contributed by atoms with Gasteiger partial charge in [-0.2, -0.15) is 4.98 Å². The summed E-state index contributed by atoms with van der Waals surface area (Å²) in [6, 6.07) is 17.1. The van der Waals surface area contributed by atoms with Crippen molar-refractivity contribution in [3.05, 3.63) is 71.9 Å².